The summed E-state index contributed by atoms with van der Waals surface area (Å²) in [5.41, 5.74) is 0. The Labute approximate surface area is 121 Å². The van der Waals surface area contributed by atoms with Crippen LogP contribution in [0.4, 0.5) is 4.79 Å². The normalized spacial score (nSPS) is 19.0. The van der Waals surface area contributed by atoms with E-state index >= 15 is 0 Å². The summed E-state index contributed by atoms with van der Waals surface area (Å²) in [6.07, 6.45) is 4.12. The number of carbonyl (C=O) groups excluding carboxylic acids is 2. The summed E-state index contributed by atoms with van der Waals surface area (Å²) < 4.78 is 9.99. The second kappa shape index (κ2) is 6.11. The van der Waals surface area contributed by atoms with E-state index in [-0.39, 0.29) is 19.0 Å². The zero-order chi connectivity index (χ0) is 14.7. The van der Waals surface area contributed by atoms with Crippen molar-refractivity contribution in [3.63, 3.8) is 0 Å². The molecule has 1 aromatic heterocycles. The molecule has 1 N–H and O–H groups in total. The fourth-order valence-corrected chi connectivity index (χ4v) is 2.65. The summed E-state index contributed by atoms with van der Waals surface area (Å²) in [6.45, 7) is 0.978. The highest BCUT2D eigenvalue weighted by molar-refractivity contribution is 5.82. The zero-order valence-corrected chi connectivity index (χ0v) is 11.7. The molecule has 2 amide bonds. The van der Waals surface area contributed by atoms with Crippen LogP contribution in [0.1, 0.15) is 43.3 Å². The smallest absolute Gasteiger partial charge is 0.410 e. The third-order valence-corrected chi connectivity index (χ3v) is 3.81. The average Bonchev–Trinajstić information content (AvgIpc) is 3.18. The largest absolute Gasteiger partial charge is 0.448 e. The molecule has 0 atom stereocenters. The molecule has 2 heterocycles. The summed E-state index contributed by atoms with van der Waals surface area (Å²) in [4.78, 5) is 28.6. The van der Waals surface area contributed by atoms with Crippen LogP contribution in [-0.2, 0) is 16.1 Å². The van der Waals surface area contributed by atoms with Gasteiger partial charge in [-0.25, -0.2) is 4.79 Å². The molecule has 1 saturated carbocycles. The predicted molar refractivity (Wildman–Crippen MR) is 70.3 cm³/mol. The Morgan fingerprint density at radius 3 is 2.90 bits per heavy atom. The third kappa shape index (κ3) is 3.32. The van der Waals surface area contributed by atoms with Crippen LogP contribution in [0.3, 0.4) is 0 Å². The number of rotatable bonds is 5. The van der Waals surface area contributed by atoms with Crippen molar-refractivity contribution in [2.75, 3.05) is 19.7 Å². The molecule has 8 heteroatoms. The molecule has 114 valence electrons. The Kier molecular flexibility index (Phi) is 4.03. The van der Waals surface area contributed by atoms with Crippen LogP contribution in [-0.4, -0.2) is 46.7 Å². The molecule has 3 rings (SSSR count). The molecule has 2 fully saturated rings. The van der Waals surface area contributed by atoms with Gasteiger partial charge in [0.05, 0.1) is 13.1 Å². The number of cyclic esters (lactones) is 1. The molecule has 21 heavy (non-hydrogen) atoms. The maximum Gasteiger partial charge on any atom is 0.410 e. The summed E-state index contributed by atoms with van der Waals surface area (Å²) in [5.74, 6) is 1.23. The molecule has 1 aliphatic carbocycles. The van der Waals surface area contributed by atoms with E-state index in [1.165, 1.54) is 17.7 Å². The number of aromatic nitrogens is 2. The Morgan fingerprint density at radius 1 is 1.38 bits per heavy atom. The Balaban J connectivity index is 1.46. The molecule has 1 saturated heterocycles. The fourth-order valence-electron chi connectivity index (χ4n) is 2.65. The van der Waals surface area contributed by atoms with Crippen LogP contribution in [0.25, 0.3) is 0 Å². The van der Waals surface area contributed by atoms with Crippen molar-refractivity contribution in [3.8, 4) is 0 Å². The lowest BCUT2D eigenvalue weighted by Gasteiger charge is -2.11. The van der Waals surface area contributed by atoms with Gasteiger partial charge < -0.3 is 14.6 Å². The number of nitrogens with zero attached hydrogens (tertiary/aromatic N) is 3. The quantitative estimate of drug-likeness (QED) is 0.862. The summed E-state index contributed by atoms with van der Waals surface area (Å²) in [7, 11) is 0. The van der Waals surface area contributed by atoms with Crippen molar-refractivity contribution in [1.82, 2.24) is 20.4 Å². The average molecular weight is 294 g/mol. The van der Waals surface area contributed by atoms with E-state index in [2.05, 4.69) is 15.5 Å². The minimum absolute atomic E-state index is 0.00777. The van der Waals surface area contributed by atoms with E-state index in [0.717, 1.165) is 12.8 Å². The van der Waals surface area contributed by atoms with Crippen molar-refractivity contribution < 1.29 is 18.8 Å². The highest BCUT2D eigenvalue weighted by atomic mass is 16.6. The molecular formula is C13H18N4O4. The van der Waals surface area contributed by atoms with Crippen LogP contribution in [0.15, 0.2) is 4.52 Å². The van der Waals surface area contributed by atoms with Gasteiger partial charge in [0, 0.05) is 5.92 Å². The van der Waals surface area contributed by atoms with Gasteiger partial charge in [0.15, 0.2) is 5.82 Å². The van der Waals surface area contributed by atoms with Gasteiger partial charge in [0.25, 0.3) is 0 Å². The molecule has 1 aromatic rings. The number of carbonyl (C=O) groups is 2. The summed E-state index contributed by atoms with van der Waals surface area (Å²) in [6, 6.07) is 0. The Morgan fingerprint density at radius 2 is 2.19 bits per heavy atom. The molecular weight excluding hydrogens is 276 g/mol. The summed E-state index contributed by atoms with van der Waals surface area (Å²) >= 11 is 0. The van der Waals surface area contributed by atoms with E-state index in [1.807, 2.05) is 0 Å². The monoisotopic (exact) mass is 294 g/mol. The highest BCUT2D eigenvalue weighted by Gasteiger charge is 2.25. The number of hydrogen-bond acceptors (Lipinski definition) is 6. The van der Waals surface area contributed by atoms with E-state index in [9.17, 15) is 9.59 Å². The molecule has 8 nitrogen and oxygen atoms in total. The van der Waals surface area contributed by atoms with Crippen LogP contribution in [0.2, 0.25) is 0 Å². The van der Waals surface area contributed by atoms with Crippen LogP contribution in [0, 0.1) is 0 Å². The van der Waals surface area contributed by atoms with Crippen molar-refractivity contribution >= 4 is 12.0 Å². The van der Waals surface area contributed by atoms with Gasteiger partial charge in [0.2, 0.25) is 11.8 Å². The minimum atomic E-state index is -0.451. The van der Waals surface area contributed by atoms with Crippen molar-refractivity contribution in [2.24, 2.45) is 0 Å². The number of ether oxygens (including phenoxy) is 1. The molecule has 0 unspecified atom stereocenters. The van der Waals surface area contributed by atoms with E-state index in [4.69, 9.17) is 9.26 Å². The highest BCUT2D eigenvalue weighted by Crippen LogP contribution is 2.32. The minimum Gasteiger partial charge on any atom is -0.448 e. The first kappa shape index (κ1) is 13.8. The fraction of sp³-hybridized carbons (Fsp3) is 0.692. The number of amides is 2. The lowest BCUT2D eigenvalue weighted by Crippen LogP contribution is -2.37. The first-order chi connectivity index (χ1) is 10.2. The van der Waals surface area contributed by atoms with E-state index in [0.29, 0.717) is 30.8 Å². The van der Waals surface area contributed by atoms with Crippen LogP contribution >= 0.6 is 0 Å². The first-order valence-corrected chi connectivity index (χ1v) is 7.23. The van der Waals surface area contributed by atoms with Crippen molar-refractivity contribution in [1.29, 1.82) is 0 Å². The van der Waals surface area contributed by atoms with Crippen molar-refractivity contribution in [2.45, 2.75) is 38.1 Å². The third-order valence-electron chi connectivity index (χ3n) is 3.81. The lowest BCUT2D eigenvalue weighted by atomic mass is 10.1. The summed E-state index contributed by atoms with van der Waals surface area (Å²) in [5, 5.41) is 6.55. The lowest BCUT2D eigenvalue weighted by molar-refractivity contribution is -0.121. The Bertz CT molecular complexity index is 524. The van der Waals surface area contributed by atoms with Gasteiger partial charge in [-0.15, -0.1) is 0 Å². The maximum atomic E-state index is 11.7. The molecule has 2 aliphatic rings. The SMILES string of the molecule is O=C(CN1CCOC1=O)NCc1noc(C2CCCC2)n1. The van der Waals surface area contributed by atoms with Gasteiger partial charge in [-0.3, -0.25) is 9.69 Å². The van der Waals surface area contributed by atoms with Crippen LogP contribution in [0.5, 0.6) is 0 Å². The molecule has 1 aliphatic heterocycles. The first-order valence-electron chi connectivity index (χ1n) is 7.23. The Hall–Kier alpha value is -2.12. The van der Waals surface area contributed by atoms with Gasteiger partial charge in [-0.2, -0.15) is 4.98 Å². The standard InChI is InChI=1S/C13H18N4O4/c18-11(8-17-5-6-20-13(17)19)14-7-10-15-12(21-16-10)9-3-1-2-4-9/h9H,1-8H2,(H,14,18). The predicted octanol–water partition coefficient (Wildman–Crippen LogP) is 0.796. The van der Waals surface area contributed by atoms with Gasteiger partial charge in [-0.1, -0.05) is 18.0 Å². The molecule has 0 aromatic carbocycles. The van der Waals surface area contributed by atoms with Gasteiger partial charge in [0.1, 0.15) is 13.2 Å². The molecule has 0 bridgehead atoms. The molecule has 0 spiro atoms. The van der Waals surface area contributed by atoms with Gasteiger partial charge in [-0.05, 0) is 12.8 Å². The van der Waals surface area contributed by atoms with E-state index < -0.39 is 6.09 Å². The topological polar surface area (TPSA) is 97.6 Å². The van der Waals surface area contributed by atoms with Gasteiger partial charge >= 0.3 is 6.09 Å². The zero-order valence-electron chi connectivity index (χ0n) is 11.7. The second-order valence-corrected chi connectivity index (χ2v) is 5.34. The molecule has 0 radical (unpaired) electrons. The number of hydrogen-bond donors (Lipinski definition) is 1. The van der Waals surface area contributed by atoms with Crippen molar-refractivity contribution in [3.05, 3.63) is 11.7 Å². The van der Waals surface area contributed by atoms with Crippen LogP contribution < -0.4 is 5.32 Å². The maximum absolute atomic E-state index is 11.7. The van der Waals surface area contributed by atoms with E-state index in [1.54, 1.807) is 0 Å². The number of nitrogens with one attached hydrogen (secondary N) is 1. The second-order valence-electron chi connectivity index (χ2n) is 5.34.